The number of hydrogen-bond acceptors (Lipinski definition) is 3. The highest BCUT2D eigenvalue weighted by molar-refractivity contribution is 6.38. The van der Waals surface area contributed by atoms with Gasteiger partial charge in [0.15, 0.2) is 0 Å². The fourth-order valence-corrected chi connectivity index (χ4v) is 0.162. The van der Waals surface area contributed by atoms with Crippen LogP contribution >= 0.6 is 0 Å². The summed E-state index contributed by atoms with van der Waals surface area (Å²) in [4.78, 5) is 23.0. The van der Waals surface area contributed by atoms with E-state index in [9.17, 15) is 9.70 Å². The molecule has 44 valence electrons. The molecule has 0 rings (SSSR count). The number of amides is 1. The van der Waals surface area contributed by atoms with Gasteiger partial charge in [0.05, 0.1) is 0 Å². The van der Waals surface area contributed by atoms with E-state index in [1.165, 1.54) is 14.0 Å². The van der Waals surface area contributed by atoms with E-state index in [4.69, 9.17) is 0 Å². The normalized spacial score (nSPS) is 11.0. The van der Waals surface area contributed by atoms with Crippen molar-refractivity contribution in [3.63, 3.8) is 0 Å². The maximum Gasteiger partial charge on any atom is 0.330 e. The average Bonchev–Trinajstić information content (AvgIpc) is 1.84. The zero-order valence-corrected chi connectivity index (χ0v) is 4.71. The Morgan fingerprint density at radius 3 is 2.12 bits per heavy atom. The fraction of sp³-hybridized carbons (Fsp3) is 0.500. The van der Waals surface area contributed by atoms with Crippen LogP contribution in [0, 0.1) is 4.91 Å². The molecule has 0 bridgehead atoms. The van der Waals surface area contributed by atoms with Gasteiger partial charge in [-0.2, -0.15) is 0 Å². The smallest absolute Gasteiger partial charge is 0.287 e. The van der Waals surface area contributed by atoms with Crippen molar-refractivity contribution in [1.82, 2.24) is 0 Å². The predicted molar refractivity (Wildman–Crippen MR) is 29.8 cm³/mol. The van der Waals surface area contributed by atoms with E-state index in [2.05, 4.69) is 10.2 Å². The molecule has 0 spiro atoms. The minimum absolute atomic E-state index is 0.139. The molecule has 0 N–H and O–H groups in total. The Bertz CT molecular complexity index is 139. The van der Waals surface area contributed by atoms with Crippen molar-refractivity contribution in [3.05, 3.63) is 4.91 Å². The Morgan fingerprint density at radius 1 is 1.50 bits per heavy atom. The topological polar surface area (TPSA) is 58.9 Å². The van der Waals surface area contributed by atoms with Gasteiger partial charge >= 0.3 is 5.91 Å². The number of nitrogens with zero attached hydrogens (tertiary/aromatic N) is 2. The molecule has 0 aliphatic heterocycles. The van der Waals surface area contributed by atoms with Crippen LogP contribution < -0.4 is 0 Å². The molecule has 0 fully saturated rings. The molecule has 4 nitrogen and oxygen atoms in total. The SMILES string of the molecule is CN=C(C)C(=O)N=O. The van der Waals surface area contributed by atoms with E-state index in [1.807, 2.05) is 0 Å². The molecule has 0 aromatic rings. The maximum atomic E-state index is 10.1. The molecule has 0 radical (unpaired) electrons. The first-order valence-corrected chi connectivity index (χ1v) is 2.03. The van der Waals surface area contributed by atoms with Crippen LogP contribution in [0.15, 0.2) is 10.2 Å². The number of aliphatic imine (C=N–C) groups is 1. The molecule has 0 aliphatic carbocycles. The minimum atomic E-state index is -0.799. The predicted octanol–water partition coefficient (Wildman–Crippen LogP) is 0.370. The third-order valence-electron chi connectivity index (χ3n) is 0.728. The number of hydrogen-bond donors (Lipinski definition) is 0. The molecule has 1 amide bonds. The second-order valence-corrected chi connectivity index (χ2v) is 1.21. The molecular weight excluding hydrogens is 108 g/mol. The number of carbonyl (C=O) groups excluding carboxylic acids is 1. The van der Waals surface area contributed by atoms with E-state index in [1.54, 1.807) is 0 Å². The summed E-state index contributed by atoms with van der Waals surface area (Å²) in [5.74, 6) is -0.799. The summed E-state index contributed by atoms with van der Waals surface area (Å²) in [6.07, 6.45) is 0. The molecule has 0 heterocycles. The maximum absolute atomic E-state index is 10.1. The van der Waals surface area contributed by atoms with E-state index in [0.29, 0.717) is 0 Å². The van der Waals surface area contributed by atoms with Crippen molar-refractivity contribution in [3.8, 4) is 0 Å². The van der Waals surface area contributed by atoms with E-state index in [-0.39, 0.29) is 5.71 Å². The van der Waals surface area contributed by atoms with Gasteiger partial charge in [-0.05, 0) is 6.92 Å². The summed E-state index contributed by atoms with van der Waals surface area (Å²) in [5, 5.41) is 2.14. The molecule has 0 aromatic heterocycles. The fourth-order valence-electron chi connectivity index (χ4n) is 0.162. The quantitative estimate of drug-likeness (QED) is 0.365. The molecule has 0 aromatic carbocycles. The van der Waals surface area contributed by atoms with Crippen LogP contribution in [0.2, 0.25) is 0 Å². The van der Waals surface area contributed by atoms with Gasteiger partial charge in [-0.1, -0.05) is 0 Å². The summed E-state index contributed by atoms with van der Waals surface area (Å²) in [5.41, 5.74) is 0.139. The van der Waals surface area contributed by atoms with Crippen LogP contribution in [0.3, 0.4) is 0 Å². The van der Waals surface area contributed by atoms with E-state index in [0.717, 1.165) is 0 Å². The van der Waals surface area contributed by atoms with Crippen molar-refractivity contribution in [1.29, 1.82) is 0 Å². The van der Waals surface area contributed by atoms with Crippen molar-refractivity contribution < 1.29 is 4.79 Å². The van der Waals surface area contributed by atoms with Gasteiger partial charge < -0.3 is 0 Å². The molecule has 0 aliphatic rings. The van der Waals surface area contributed by atoms with Crippen molar-refractivity contribution >= 4 is 11.6 Å². The summed E-state index contributed by atoms with van der Waals surface area (Å²) in [6.45, 7) is 1.43. The summed E-state index contributed by atoms with van der Waals surface area (Å²) >= 11 is 0. The standard InChI is InChI=1S/C4H6N2O2/c1-3(5-2)4(7)6-8/h1-2H3. The van der Waals surface area contributed by atoms with Gasteiger partial charge in [-0.15, -0.1) is 4.91 Å². The largest absolute Gasteiger partial charge is 0.330 e. The first-order chi connectivity index (χ1) is 3.72. The van der Waals surface area contributed by atoms with Gasteiger partial charge in [0, 0.05) is 12.2 Å². The molecule has 0 saturated heterocycles. The van der Waals surface area contributed by atoms with E-state index >= 15 is 0 Å². The van der Waals surface area contributed by atoms with Crippen LogP contribution in [0.4, 0.5) is 0 Å². The van der Waals surface area contributed by atoms with Crippen LogP contribution in [-0.4, -0.2) is 18.7 Å². The summed E-state index contributed by atoms with van der Waals surface area (Å²) in [6, 6.07) is 0. The van der Waals surface area contributed by atoms with Crippen molar-refractivity contribution in [2.24, 2.45) is 10.2 Å². The third-order valence-corrected chi connectivity index (χ3v) is 0.728. The zero-order chi connectivity index (χ0) is 6.57. The lowest BCUT2D eigenvalue weighted by atomic mass is 10.4. The lowest BCUT2D eigenvalue weighted by Gasteiger charge is -1.81. The molecule has 4 heteroatoms. The lowest BCUT2D eigenvalue weighted by Crippen LogP contribution is -2.04. The number of carbonyl (C=O) groups is 1. The van der Waals surface area contributed by atoms with Crippen LogP contribution in [0.5, 0.6) is 0 Å². The van der Waals surface area contributed by atoms with Gasteiger partial charge in [0.25, 0.3) is 0 Å². The molecule has 8 heavy (non-hydrogen) atoms. The van der Waals surface area contributed by atoms with Gasteiger partial charge in [-0.3, -0.25) is 9.79 Å². The monoisotopic (exact) mass is 114 g/mol. The average molecular weight is 114 g/mol. The Kier molecular flexibility index (Phi) is 2.61. The lowest BCUT2D eigenvalue weighted by molar-refractivity contribution is -0.111. The third kappa shape index (κ3) is 1.59. The van der Waals surface area contributed by atoms with E-state index < -0.39 is 5.91 Å². The molecule has 0 saturated carbocycles. The van der Waals surface area contributed by atoms with Gasteiger partial charge in [0.1, 0.15) is 5.71 Å². The highest BCUT2D eigenvalue weighted by Crippen LogP contribution is 1.78. The van der Waals surface area contributed by atoms with Crippen molar-refractivity contribution in [2.75, 3.05) is 7.05 Å². The zero-order valence-electron chi connectivity index (χ0n) is 4.71. The Morgan fingerprint density at radius 2 is 2.00 bits per heavy atom. The first-order valence-electron chi connectivity index (χ1n) is 2.03. The number of rotatable bonds is 1. The Labute approximate surface area is 46.6 Å². The molecule has 0 unspecified atom stereocenters. The van der Waals surface area contributed by atoms with Crippen LogP contribution in [0.25, 0.3) is 0 Å². The second-order valence-electron chi connectivity index (χ2n) is 1.21. The highest BCUT2D eigenvalue weighted by Gasteiger charge is 2.01. The van der Waals surface area contributed by atoms with Crippen molar-refractivity contribution in [2.45, 2.75) is 6.92 Å². The Hall–Kier alpha value is -1.06. The summed E-state index contributed by atoms with van der Waals surface area (Å²) in [7, 11) is 1.43. The van der Waals surface area contributed by atoms with Gasteiger partial charge in [-0.25, -0.2) is 0 Å². The second kappa shape index (κ2) is 3.01. The molecule has 0 atom stereocenters. The minimum Gasteiger partial charge on any atom is -0.287 e. The van der Waals surface area contributed by atoms with Crippen LogP contribution in [0.1, 0.15) is 6.92 Å². The Balaban J connectivity index is 4.03. The van der Waals surface area contributed by atoms with Crippen LogP contribution in [-0.2, 0) is 4.79 Å². The summed E-state index contributed by atoms with van der Waals surface area (Å²) < 4.78 is 0. The number of nitroso groups, excluding NO2 is 1. The first kappa shape index (κ1) is 6.94. The molecular formula is C4H6N2O2. The van der Waals surface area contributed by atoms with Gasteiger partial charge in [0.2, 0.25) is 0 Å². The highest BCUT2D eigenvalue weighted by atomic mass is 16.3.